The van der Waals surface area contributed by atoms with Crippen molar-refractivity contribution >= 4 is 22.4 Å². The quantitative estimate of drug-likeness (QED) is 0.425. The second kappa shape index (κ2) is 7.17. The number of hydrogen-bond acceptors (Lipinski definition) is 6. The molecule has 0 aliphatic heterocycles. The minimum atomic E-state index is -0.424. The number of hydrogen-bond donors (Lipinski definition) is 1. The van der Waals surface area contributed by atoms with Crippen LogP contribution in [0.1, 0.15) is 5.56 Å². The molecule has 1 N–H and O–H groups in total. The van der Waals surface area contributed by atoms with Gasteiger partial charge in [-0.2, -0.15) is 0 Å². The fourth-order valence-corrected chi connectivity index (χ4v) is 2.79. The molecule has 0 aliphatic carbocycles. The summed E-state index contributed by atoms with van der Waals surface area (Å²) in [4.78, 5) is 24.0. The van der Waals surface area contributed by atoms with Crippen LogP contribution in [0.2, 0.25) is 0 Å². The molecule has 4 rings (SSSR count). The number of anilines is 1. The number of benzene rings is 2. The number of aromatic nitrogens is 3. The average Bonchev–Trinajstić information content (AvgIpc) is 2.72. The summed E-state index contributed by atoms with van der Waals surface area (Å²) in [5.74, 6) is 1.11. The lowest BCUT2D eigenvalue weighted by molar-refractivity contribution is -0.384. The van der Waals surface area contributed by atoms with Crippen LogP contribution < -0.4 is 5.32 Å². The summed E-state index contributed by atoms with van der Waals surface area (Å²) in [7, 11) is 0. The van der Waals surface area contributed by atoms with E-state index in [2.05, 4.69) is 20.3 Å². The lowest BCUT2D eigenvalue weighted by Crippen LogP contribution is -2.04. The van der Waals surface area contributed by atoms with Crippen molar-refractivity contribution in [3.8, 4) is 11.4 Å². The Morgan fingerprint density at radius 2 is 1.89 bits per heavy atom. The number of non-ortho nitro benzene ring substituents is 1. The molecule has 2 aromatic heterocycles. The van der Waals surface area contributed by atoms with E-state index < -0.39 is 4.92 Å². The number of nitrogens with one attached hydrogen (secondary N) is 1. The van der Waals surface area contributed by atoms with Gasteiger partial charge in [-0.3, -0.25) is 15.1 Å². The molecular formula is C20H15N5O2. The molecule has 0 fully saturated rings. The maximum Gasteiger partial charge on any atom is 0.270 e. The Labute approximate surface area is 154 Å². The van der Waals surface area contributed by atoms with E-state index in [1.807, 2.05) is 36.4 Å². The molecule has 0 saturated heterocycles. The van der Waals surface area contributed by atoms with E-state index in [1.165, 1.54) is 12.1 Å². The molecule has 7 nitrogen and oxygen atoms in total. The van der Waals surface area contributed by atoms with Crippen LogP contribution in [0.4, 0.5) is 11.5 Å². The Kier molecular flexibility index (Phi) is 4.40. The lowest BCUT2D eigenvalue weighted by atomic mass is 10.1. The SMILES string of the molecule is O=[N+]([O-])c1cccc(-c2nc(NCc3cccnc3)c3ccccc3n2)c1. The Bertz CT molecular complexity index is 1120. The van der Waals surface area contributed by atoms with Crippen LogP contribution in [0.15, 0.2) is 73.1 Å². The van der Waals surface area contributed by atoms with Crippen LogP contribution in [0.5, 0.6) is 0 Å². The topological polar surface area (TPSA) is 93.8 Å². The number of fused-ring (bicyclic) bond motifs is 1. The molecule has 2 aromatic carbocycles. The van der Waals surface area contributed by atoms with Gasteiger partial charge >= 0.3 is 0 Å². The third-order valence-electron chi connectivity index (χ3n) is 4.10. The van der Waals surface area contributed by atoms with Gasteiger partial charge in [0.05, 0.1) is 10.4 Å². The Morgan fingerprint density at radius 3 is 2.70 bits per heavy atom. The third-order valence-corrected chi connectivity index (χ3v) is 4.10. The summed E-state index contributed by atoms with van der Waals surface area (Å²) in [6.07, 6.45) is 3.52. The first-order chi connectivity index (χ1) is 13.2. The van der Waals surface area contributed by atoms with Gasteiger partial charge in [0.1, 0.15) is 5.82 Å². The number of nitro groups is 1. The van der Waals surface area contributed by atoms with Crippen LogP contribution in [-0.2, 0) is 6.54 Å². The van der Waals surface area contributed by atoms with E-state index in [4.69, 9.17) is 0 Å². The van der Waals surface area contributed by atoms with Gasteiger partial charge < -0.3 is 5.32 Å². The lowest BCUT2D eigenvalue weighted by Gasteiger charge is -2.11. The summed E-state index contributed by atoms with van der Waals surface area (Å²) in [6.45, 7) is 0.559. The highest BCUT2D eigenvalue weighted by molar-refractivity contribution is 5.90. The Hall–Kier alpha value is -3.87. The molecule has 4 aromatic rings. The van der Waals surface area contributed by atoms with E-state index in [0.29, 0.717) is 23.8 Å². The number of pyridine rings is 1. The maximum atomic E-state index is 11.1. The van der Waals surface area contributed by atoms with Gasteiger partial charge in [0.25, 0.3) is 5.69 Å². The molecule has 0 atom stereocenters. The van der Waals surface area contributed by atoms with Crippen molar-refractivity contribution in [2.24, 2.45) is 0 Å². The van der Waals surface area contributed by atoms with Crippen molar-refractivity contribution in [1.82, 2.24) is 15.0 Å². The highest BCUT2D eigenvalue weighted by Crippen LogP contribution is 2.27. The van der Waals surface area contributed by atoms with Gasteiger partial charge in [0, 0.05) is 42.0 Å². The summed E-state index contributed by atoms with van der Waals surface area (Å²) in [5.41, 5.74) is 2.40. The van der Waals surface area contributed by atoms with Crippen molar-refractivity contribution in [3.05, 3.63) is 88.7 Å². The standard InChI is InChI=1S/C20H15N5O2/c26-25(27)16-7-3-6-15(11-16)19-23-18-9-2-1-8-17(18)20(24-19)22-13-14-5-4-10-21-12-14/h1-12H,13H2,(H,22,23,24). The zero-order valence-corrected chi connectivity index (χ0v) is 14.2. The van der Waals surface area contributed by atoms with Gasteiger partial charge in [-0.25, -0.2) is 9.97 Å². The van der Waals surface area contributed by atoms with Gasteiger partial charge in [-0.05, 0) is 23.8 Å². The van der Waals surface area contributed by atoms with Crippen molar-refractivity contribution < 1.29 is 4.92 Å². The molecule has 0 aliphatic rings. The van der Waals surface area contributed by atoms with E-state index in [1.54, 1.807) is 24.5 Å². The minimum absolute atomic E-state index is 0.00845. The summed E-state index contributed by atoms with van der Waals surface area (Å²) in [6, 6.07) is 17.9. The Balaban J connectivity index is 1.76. The third kappa shape index (κ3) is 3.57. The number of para-hydroxylation sites is 1. The van der Waals surface area contributed by atoms with Crippen molar-refractivity contribution in [2.75, 3.05) is 5.32 Å². The highest BCUT2D eigenvalue weighted by Gasteiger charge is 2.12. The van der Waals surface area contributed by atoms with Crippen molar-refractivity contribution in [1.29, 1.82) is 0 Å². The summed E-state index contributed by atoms with van der Waals surface area (Å²) in [5, 5.41) is 15.3. The molecule has 0 radical (unpaired) electrons. The molecule has 0 spiro atoms. The van der Waals surface area contributed by atoms with E-state index in [9.17, 15) is 10.1 Å². The number of rotatable bonds is 5. The molecule has 0 amide bonds. The largest absolute Gasteiger partial charge is 0.365 e. The van der Waals surface area contributed by atoms with E-state index in [0.717, 1.165) is 16.5 Å². The van der Waals surface area contributed by atoms with Gasteiger partial charge in [0.2, 0.25) is 0 Å². The van der Waals surface area contributed by atoms with Crippen LogP contribution >= 0.6 is 0 Å². The molecule has 0 bridgehead atoms. The highest BCUT2D eigenvalue weighted by atomic mass is 16.6. The Morgan fingerprint density at radius 1 is 1.00 bits per heavy atom. The van der Waals surface area contributed by atoms with Crippen molar-refractivity contribution in [3.63, 3.8) is 0 Å². The molecular weight excluding hydrogens is 342 g/mol. The van der Waals surface area contributed by atoms with Crippen LogP contribution in [-0.4, -0.2) is 19.9 Å². The normalized spacial score (nSPS) is 10.7. The molecule has 2 heterocycles. The predicted octanol–water partition coefficient (Wildman–Crippen LogP) is 4.21. The van der Waals surface area contributed by atoms with Crippen molar-refractivity contribution in [2.45, 2.75) is 6.54 Å². The monoisotopic (exact) mass is 357 g/mol. The average molecular weight is 357 g/mol. The fourth-order valence-electron chi connectivity index (χ4n) is 2.79. The summed E-state index contributed by atoms with van der Waals surface area (Å²) < 4.78 is 0. The minimum Gasteiger partial charge on any atom is -0.365 e. The summed E-state index contributed by atoms with van der Waals surface area (Å²) >= 11 is 0. The molecule has 0 unspecified atom stereocenters. The molecule has 132 valence electrons. The van der Waals surface area contributed by atoms with E-state index >= 15 is 0 Å². The van der Waals surface area contributed by atoms with Gasteiger partial charge in [-0.1, -0.05) is 30.3 Å². The maximum absolute atomic E-state index is 11.1. The number of nitrogens with zero attached hydrogens (tertiary/aromatic N) is 4. The second-order valence-corrected chi connectivity index (χ2v) is 5.94. The molecule has 27 heavy (non-hydrogen) atoms. The molecule has 7 heteroatoms. The number of nitro benzene ring substituents is 1. The van der Waals surface area contributed by atoms with Gasteiger partial charge in [-0.15, -0.1) is 0 Å². The molecule has 0 saturated carbocycles. The fraction of sp³-hybridized carbons (Fsp3) is 0.0500. The van der Waals surface area contributed by atoms with Crippen LogP contribution in [0, 0.1) is 10.1 Å². The smallest absolute Gasteiger partial charge is 0.270 e. The first-order valence-electron chi connectivity index (χ1n) is 8.35. The van der Waals surface area contributed by atoms with Gasteiger partial charge in [0.15, 0.2) is 5.82 Å². The van der Waals surface area contributed by atoms with Crippen LogP contribution in [0.3, 0.4) is 0 Å². The zero-order valence-electron chi connectivity index (χ0n) is 14.2. The first-order valence-corrected chi connectivity index (χ1v) is 8.35. The zero-order chi connectivity index (χ0) is 18.6. The first kappa shape index (κ1) is 16.6. The predicted molar refractivity (Wildman–Crippen MR) is 103 cm³/mol. The second-order valence-electron chi connectivity index (χ2n) is 5.94. The van der Waals surface area contributed by atoms with Crippen LogP contribution in [0.25, 0.3) is 22.3 Å². The van der Waals surface area contributed by atoms with E-state index in [-0.39, 0.29) is 5.69 Å².